The number of aromatic nitrogens is 4. The first-order chi connectivity index (χ1) is 13.1. The lowest BCUT2D eigenvalue weighted by atomic mass is 9.91. The first kappa shape index (κ1) is 18.7. The lowest BCUT2D eigenvalue weighted by Gasteiger charge is -2.25. The molecule has 2 aromatic heterocycles. The van der Waals surface area contributed by atoms with E-state index in [2.05, 4.69) is 15.1 Å². The number of nitrogens with one attached hydrogen (secondary N) is 1. The van der Waals surface area contributed by atoms with Gasteiger partial charge in [-0.25, -0.2) is 9.67 Å². The molecule has 1 aliphatic carbocycles. The number of halogens is 3. The van der Waals surface area contributed by atoms with Crippen molar-refractivity contribution in [2.45, 2.75) is 45.5 Å². The molecule has 0 radical (unpaired) electrons. The molecule has 6 nitrogen and oxygen atoms in total. The summed E-state index contributed by atoms with van der Waals surface area (Å²) < 4.78 is 40.4. The molecule has 1 aliphatic rings. The maximum Gasteiger partial charge on any atom is 0.416 e. The van der Waals surface area contributed by atoms with Gasteiger partial charge in [0.05, 0.1) is 18.2 Å². The van der Waals surface area contributed by atoms with Crippen LogP contribution in [0.25, 0.3) is 11.0 Å². The van der Waals surface area contributed by atoms with Crippen molar-refractivity contribution < 1.29 is 18.3 Å². The van der Waals surface area contributed by atoms with Crippen LogP contribution in [0.15, 0.2) is 29.1 Å². The van der Waals surface area contributed by atoms with Gasteiger partial charge in [-0.05, 0) is 42.9 Å². The van der Waals surface area contributed by atoms with Crippen LogP contribution in [0.5, 0.6) is 0 Å². The van der Waals surface area contributed by atoms with E-state index in [0.29, 0.717) is 17.0 Å². The summed E-state index contributed by atoms with van der Waals surface area (Å²) >= 11 is 0. The standard InChI is InChI=1S/C19H19F3N4O2/c1-10-23-16-14(17(28)24-10)13(9-27)25-26(16)15(18(2)7-8-18)11-3-5-12(6-4-11)19(20,21)22/h3-6,15,27H,7-9H2,1-2H3,(H,23,24,28)/t15-/m0/s1. The zero-order valence-corrected chi connectivity index (χ0v) is 15.3. The molecule has 0 aliphatic heterocycles. The van der Waals surface area contributed by atoms with E-state index in [1.54, 1.807) is 11.6 Å². The molecule has 3 aromatic rings. The molecule has 1 aromatic carbocycles. The molecular weight excluding hydrogens is 373 g/mol. The van der Waals surface area contributed by atoms with Gasteiger partial charge >= 0.3 is 6.18 Å². The molecule has 0 bridgehead atoms. The lowest BCUT2D eigenvalue weighted by molar-refractivity contribution is -0.137. The third-order valence-corrected chi connectivity index (χ3v) is 5.40. The Hall–Kier alpha value is -2.68. The van der Waals surface area contributed by atoms with Crippen LogP contribution >= 0.6 is 0 Å². The molecule has 2 N–H and O–H groups in total. The summed E-state index contributed by atoms with van der Waals surface area (Å²) in [5, 5.41) is 14.3. The largest absolute Gasteiger partial charge is 0.416 e. The van der Waals surface area contributed by atoms with E-state index in [1.165, 1.54) is 12.1 Å². The maximum absolute atomic E-state index is 12.9. The van der Waals surface area contributed by atoms with Gasteiger partial charge in [0.1, 0.15) is 16.9 Å². The Morgan fingerprint density at radius 1 is 1.29 bits per heavy atom. The lowest BCUT2D eigenvalue weighted by Crippen LogP contribution is -2.22. The van der Waals surface area contributed by atoms with Crippen molar-refractivity contribution in [2.75, 3.05) is 0 Å². The van der Waals surface area contributed by atoms with Crippen molar-refractivity contribution in [3.05, 3.63) is 57.3 Å². The second-order valence-electron chi connectivity index (χ2n) is 7.58. The number of hydrogen-bond donors (Lipinski definition) is 2. The Labute approximate surface area is 158 Å². The van der Waals surface area contributed by atoms with Crippen LogP contribution in [-0.4, -0.2) is 24.9 Å². The third-order valence-electron chi connectivity index (χ3n) is 5.40. The fraction of sp³-hybridized carbons (Fsp3) is 0.421. The van der Waals surface area contributed by atoms with Crippen molar-refractivity contribution in [1.29, 1.82) is 0 Å². The average molecular weight is 392 g/mol. The molecule has 0 spiro atoms. The smallest absolute Gasteiger partial charge is 0.390 e. The normalized spacial score (nSPS) is 17.1. The SMILES string of the molecule is Cc1nc2c(c(CO)nn2[C@@H](c2ccc(C(F)(F)F)cc2)C2(C)CC2)c(=O)[nH]1. The van der Waals surface area contributed by atoms with Crippen LogP contribution in [0.2, 0.25) is 0 Å². The Bertz CT molecular complexity index is 1100. The molecule has 1 atom stereocenters. The minimum absolute atomic E-state index is 0.199. The van der Waals surface area contributed by atoms with Gasteiger partial charge in [0.25, 0.3) is 5.56 Å². The molecule has 0 amide bonds. The van der Waals surface area contributed by atoms with E-state index in [1.807, 2.05) is 6.92 Å². The predicted molar refractivity (Wildman–Crippen MR) is 95.7 cm³/mol. The summed E-state index contributed by atoms with van der Waals surface area (Å²) in [7, 11) is 0. The van der Waals surface area contributed by atoms with Gasteiger partial charge in [-0.3, -0.25) is 4.79 Å². The van der Waals surface area contributed by atoms with Gasteiger partial charge in [-0.15, -0.1) is 0 Å². The molecule has 0 saturated heterocycles. The summed E-state index contributed by atoms with van der Waals surface area (Å²) in [6.45, 7) is 3.23. The number of alkyl halides is 3. The van der Waals surface area contributed by atoms with E-state index in [4.69, 9.17) is 0 Å². The minimum Gasteiger partial charge on any atom is -0.390 e. The van der Waals surface area contributed by atoms with Gasteiger partial charge < -0.3 is 10.1 Å². The number of aliphatic hydroxyl groups excluding tert-OH is 1. The highest BCUT2D eigenvalue weighted by atomic mass is 19.4. The van der Waals surface area contributed by atoms with Gasteiger partial charge in [-0.2, -0.15) is 18.3 Å². The highest BCUT2D eigenvalue weighted by Gasteiger charge is 2.48. The minimum atomic E-state index is -4.41. The highest BCUT2D eigenvalue weighted by Crippen LogP contribution is 2.56. The van der Waals surface area contributed by atoms with Crippen LogP contribution in [0, 0.1) is 12.3 Å². The van der Waals surface area contributed by atoms with E-state index in [-0.39, 0.29) is 16.5 Å². The first-order valence-corrected chi connectivity index (χ1v) is 8.90. The number of nitrogens with zero attached hydrogens (tertiary/aromatic N) is 3. The van der Waals surface area contributed by atoms with Crippen LogP contribution in [0.3, 0.4) is 0 Å². The molecule has 148 valence electrons. The Morgan fingerprint density at radius 3 is 2.46 bits per heavy atom. The fourth-order valence-corrected chi connectivity index (χ4v) is 3.68. The fourth-order valence-electron chi connectivity index (χ4n) is 3.68. The number of rotatable bonds is 4. The molecular formula is C19H19F3N4O2. The number of hydrogen-bond acceptors (Lipinski definition) is 4. The van der Waals surface area contributed by atoms with E-state index < -0.39 is 29.9 Å². The Morgan fingerprint density at radius 2 is 1.93 bits per heavy atom. The van der Waals surface area contributed by atoms with Crippen LogP contribution in [-0.2, 0) is 12.8 Å². The van der Waals surface area contributed by atoms with E-state index in [9.17, 15) is 23.1 Å². The van der Waals surface area contributed by atoms with Gasteiger partial charge in [-0.1, -0.05) is 19.1 Å². The Balaban J connectivity index is 1.92. The van der Waals surface area contributed by atoms with Crippen LogP contribution in [0.4, 0.5) is 13.2 Å². The van der Waals surface area contributed by atoms with Gasteiger partial charge in [0, 0.05) is 0 Å². The van der Waals surface area contributed by atoms with E-state index in [0.717, 1.165) is 25.0 Å². The topological polar surface area (TPSA) is 83.8 Å². The number of aryl methyl sites for hydroxylation is 1. The molecule has 9 heteroatoms. The quantitative estimate of drug-likeness (QED) is 0.713. The first-order valence-electron chi connectivity index (χ1n) is 8.90. The van der Waals surface area contributed by atoms with Crippen molar-refractivity contribution in [2.24, 2.45) is 5.41 Å². The Kier molecular flexibility index (Phi) is 4.11. The molecule has 2 heterocycles. The van der Waals surface area contributed by atoms with Crippen molar-refractivity contribution in [1.82, 2.24) is 19.7 Å². The van der Waals surface area contributed by atoms with Gasteiger partial charge in [0.2, 0.25) is 0 Å². The van der Waals surface area contributed by atoms with Crippen molar-refractivity contribution in [3.63, 3.8) is 0 Å². The highest BCUT2D eigenvalue weighted by molar-refractivity contribution is 5.77. The molecule has 4 rings (SSSR count). The average Bonchev–Trinajstić information content (AvgIpc) is 3.25. The molecule has 28 heavy (non-hydrogen) atoms. The number of aromatic amines is 1. The number of benzene rings is 1. The van der Waals surface area contributed by atoms with Gasteiger partial charge in [0.15, 0.2) is 5.65 Å². The molecule has 1 fully saturated rings. The summed E-state index contributed by atoms with van der Waals surface area (Å²) in [6, 6.07) is 4.61. The second-order valence-corrected chi connectivity index (χ2v) is 7.58. The maximum atomic E-state index is 12.9. The number of fused-ring (bicyclic) bond motifs is 1. The molecule has 0 unspecified atom stereocenters. The second kappa shape index (κ2) is 6.16. The van der Waals surface area contributed by atoms with E-state index >= 15 is 0 Å². The van der Waals surface area contributed by atoms with Crippen molar-refractivity contribution >= 4 is 11.0 Å². The monoisotopic (exact) mass is 392 g/mol. The zero-order chi connectivity index (χ0) is 20.3. The zero-order valence-electron chi connectivity index (χ0n) is 15.3. The third kappa shape index (κ3) is 2.99. The summed E-state index contributed by atoms with van der Waals surface area (Å²) in [5.41, 5.74) is -0.161. The number of H-pyrrole nitrogens is 1. The van der Waals surface area contributed by atoms with Crippen molar-refractivity contribution in [3.8, 4) is 0 Å². The van der Waals surface area contributed by atoms with Crippen LogP contribution in [0.1, 0.15) is 48.5 Å². The predicted octanol–water partition coefficient (Wildman–Crippen LogP) is 3.33. The summed E-state index contributed by atoms with van der Waals surface area (Å²) in [4.78, 5) is 19.4. The molecule has 1 saturated carbocycles. The van der Waals surface area contributed by atoms with Crippen LogP contribution < -0.4 is 5.56 Å². The summed E-state index contributed by atoms with van der Waals surface area (Å²) in [6.07, 6.45) is -2.67. The number of aliphatic hydroxyl groups is 1. The summed E-state index contributed by atoms with van der Waals surface area (Å²) in [5.74, 6) is 0.398.